The van der Waals surface area contributed by atoms with E-state index in [0.29, 0.717) is 16.4 Å². The maximum absolute atomic E-state index is 12.9. The molecule has 2 aromatic heterocycles. The number of sulfonamides is 1. The summed E-state index contributed by atoms with van der Waals surface area (Å²) in [5, 5.41) is 3.91. The lowest BCUT2D eigenvalue weighted by molar-refractivity contribution is 0.0943. The molecule has 0 aliphatic carbocycles. The number of rotatable bonds is 5. The lowest BCUT2D eigenvalue weighted by Gasteiger charge is -2.15. The van der Waals surface area contributed by atoms with Crippen molar-refractivity contribution in [3.05, 3.63) is 51.8 Å². The van der Waals surface area contributed by atoms with Gasteiger partial charge in [-0.3, -0.25) is 9.52 Å². The summed E-state index contributed by atoms with van der Waals surface area (Å²) in [7, 11) is -3.36. The van der Waals surface area contributed by atoms with E-state index in [4.69, 9.17) is 0 Å². The Balaban J connectivity index is 1.85. The third-order valence-corrected chi connectivity index (χ3v) is 6.12. The van der Waals surface area contributed by atoms with Crippen LogP contribution < -0.4 is 10.0 Å². The predicted molar refractivity (Wildman–Crippen MR) is 112 cm³/mol. The Kier molecular flexibility index (Phi) is 5.40. The van der Waals surface area contributed by atoms with E-state index in [0.717, 1.165) is 33.3 Å². The van der Waals surface area contributed by atoms with Gasteiger partial charge in [0.15, 0.2) is 0 Å². The number of nitrogens with zero attached hydrogens (tertiary/aromatic N) is 2. The van der Waals surface area contributed by atoms with Crippen molar-refractivity contribution < 1.29 is 13.2 Å². The number of carbonyl (C=O) groups is 1. The van der Waals surface area contributed by atoms with Crippen LogP contribution in [-0.2, 0) is 10.0 Å². The standard InChI is InChI=1S/C19H22N4O3S2/c1-10-16-12(3)20-13(4)22-19(16)27-17(10)18(24)21-11(2)14-7-6-8-15(9-14)23-28(5,25)26/h6-9,11,23H,1-5H3,(H,21,24). The smallest absolute Gasteiger partial charge is 0.262 e. The molecule has 1 amide bonds. The highest BCUT2D eigenvalue weighted by molar-refractivity contribution is 7.92. The van der Waals surface area contributed by atoms with Gasteiger partial charge in [-0.1, -0.05) is 12.1 Å². The Morgan fingerprint density at radius 3 is 2.57 bits per heavy atom. The van der Waals surface area contributed by atoms with E-state index in [1.807, 2.05) is 33.8 Å². The Morgan fingerprint density at radius 2 is 1.89 bits per heavy atom. The van der Waals surface area contributed by atoms with E-state index in [2.05, 4.69) is 20.0 Å². The van der Waals surface area contributed by atoms with Gasteiger partial charge in [-0.2, -0.15) is 0 Å². The van der Waals surface area contributed by atoms with Gasteiger partial charge in [0.25, 0.3) is 5.91 Å². The van der Waals surface area contributed by atoms with Crippen LogP contribution in [-0.4, -0.2) is 30.5 Å². The SMILES string of the molecule is Cc1nc(C)c2c(C)c(C(=O)NC(C)c3cccc(NS(C)(=O)=O)c3)sc2n1. The molecule has 0 fully saturated rings. The minimum Gasteiger partial charge on any atom is -0.345 e. The highest BCUT2D eigenvalue weighted by Gasteiger charge is 2.20. The number of benzene rings is 1. The molecule has 1 aromatic carbocycles. The Bertz CT molecular complexity index is 1170. The first-order chi connectivity index (χ1) is 13.0. The van der Waals surface area contributed by atoms with E-state index in [9.17, 15) is 13.2 Å². The molecule has 3 rings (SSSR count). The molecule has 0 bridgehead atoms. The second kappa shape index (κ2) is 7.48. The van der Waals surface area contributed by atoms with Crippen molar-refractivity contribution in [3.63, 3.8) is 0 Å². The lowest BCUT2D eigenvalue weighted by Crippen LogP contribution is -2.26. The number of fused-ring (bicyclic) bond motifs is 1. The van der Waals surface area contributed by atoms with Crippen LogP contribution in [0.15, 0.2) is 24.3 Å². The van der Waals surface area contributed by atoms with E-state index in [1.165, 1.54) is 11.3 Å². The summed E-state index contributed by atoms with van der Waals surface area (Å²) in [4.78, 5) is 23.1. The molecule has 9 heteroatoms. The van der Waals surface area contributed by atoms with E-state index in [-0.39, 0.29) is 11.9 Å². The average Bonchev–Trinajstić information content (AvgIpc) is 2.90. The zero-order valence-corrected chi connectivity index (χ0v) is 18.0. The topological polar surface area (TPSA) is 101 Å². The maximum atomic E-state index is 12.9. The largest absolute Gasteiger partial charge is 0.345 e. The second-order valence-electron chi connectivity index (χ2n) is 6.79. The number of nitrogens with one attached hydrogen (secondary N) is 2. The van der Waals surface area contributed by atoms with Crippen molar-refractivity contribution in [1.82, 2.24) is 15.3 Å². The monoisotopic (exact) mass is 418 g/mol. The molecule has 148 valence electrons. The Morgan fingerprint density at radius 1 is 1.18 bits per heavy atom. The quantitative estimate of drug-likeness (QED) is 0.661. The number of anilines is 1. The number of amides is 1. The molecule has 0 saturated heterocycles. The van der Waals surface area contributed by atoms with Gasteiger partial charge in [-0.15, -0.1) is 11.3 Å². The van der Waals surface area contributed by atoms with E-state index >= 15 is 0 Å². The van der Waals surface area contributed by atoms with Crippen molar-refractivity contribution in [2.45, 2.75) is 33.7 Å². The van der Waals surface area contributed by atoms with Crippen LogP contribution >= 0.6 is 11.3 Å². The van der Waals surface area contributed by atoms with Crippen LogP contribution in [0.3, 0.4) is 0 Å². The minimum absolute atomic E-state index is 0.188. The van der Waals surface area contributed by atoms with Gasteiger partial charge in [0.1, 0.15) is 10.7 Å². The zero-order valence-electron chi connectivity index (χ0n) is 16.3. The van der Waals surface area contributed by atoms with Crippen LogP contribution in [0.4, 0.5) is 5.69 Å². The van der Waals surface area contributed by atoms with Gasteiger partial charge in [-0.05, 0) is 51.0 Å². The molecular weight excluding hydrogens is 396 g/mol. The Hall–Kier alpha value is -2.52. The first kappa shape index (κ1) is 20.2. The molecule has 0 aliphatic rings. The number of aromatic nitrogens is 2. The summed E-state index contributed by atoms with van der Waals surface area (Å²) >= 11 is 1.35. The fourth-order valence-corrected chi connectivity index (χ4v) is 4.86. The molecule has 0 radical (unpaired) electrons. The predicted octanol–water partition coefficient (Wildman–Crippen LogP) is 3.48. The summed E-state index contributed by atoms with van der Waals surface area (Å²) in [5.74, 6) is 0.494. The maximum Gasteiger partial charge on any atom is 0.262 e. The number of aryl methyl sites for hydroxylation is 3. The molecule has 0 aliphatic heterocycles. The third-order valence-electron chi connectivity index (χ3n) is 4.33. The van der Waals surface area contributed by atoms with Crippen molar-refractivity contribution in [2.24, 2.45) is 0 Å². The van der Waals surface area contributed by atoms with Crippen molar-refractivity contribution in [3.8, 4) is 0 Å². The van der Waals surface area contributed by atoms with Gasteiger partial charge >= 0.3 is 0 Å². The van der Waals surface area contributed by atoms with Crippen LogP contribution in [0.1, 0.15) is 45.3 Å². The summed E-state index contributed by atoms with van der Waals surface area (Å²) < 4.78 is 25.3. The number of hydrogen-bond donors (Lipinski definition) is 2. The second-order valence-corrected chi connectivity index (χ2v) is 9.53. The number of carbonyl (C=O) groups excluding carboxylic acids is 1. The summed E-state index contributed by atoms with van der Waals surface area (Å²) in [6.45, 7) is 7.51. The molecule has 3 aromatic rings. The zero-order chi connectivity index (χ0) is 20.6. The normalized spacial score (nSPS) is 12.8. The van der Waals surface area contributed by atoms with Gasteiger partial charge in [0.2, 0.25) is 10.0 Å². The highest BCUT2D eigenvalue weighted by atomic mass is 32.2. The van der Waals surface area contributed by atoms with Crippen molar-refractivity contribution in [1.29, 1.82) is 0 Å². The fraction of sp³-hybridized carbons (Fsp3) is 0.316. The molecule has 1 atom stereocenters. The van der Waals surface area contributed by atoms with E-state index < -0.39 is 10.0 Å². The number of thiophene rings is 1. The fourth-order valence-electron chi connectivity index (χ4n) is 3.12. The first-order valence-electron chi connectivity index (χ1n) is 8.68. The summed E-state index contributed by atoms with van der Waals surface area (Å²) in [6, 6.07) is 6.67. The molecule has 0 saturated carbocycles. The average molecular weight is 419 g/mol. The molecule has 28 heavy (non-hydrogen) atoms. The molecular formula is C19H22N4O3S2. The third kappa shape index (κ3) is 4.31. The molecule has 7 nitrogen and oxygen atoms in total. The van der Waals surface area contributed by atoms with Crippen LogP contribution in [0.5, 0.6) is 0 Å². The number of hydrogen-bond acceptors (Lipinski definition) is 6. The molecule has 2 N–H and O–H groups in total. The van der Waals surface area contributed by atoms with Crippen LogP contribution in [0.2, 0.25) is 0 Å². The van der Waals surface area contributed by atoms with Gasteiger partial charge < -0.3 is 5.32 Å². The lowest BCUT2D eigenvalue weighted by atomic mass is 10.1. The highest BCUT2D eigenvalue weighted by Crippen LogP contribution is 2.31. The van der Waals surface area contributed by atoms with Gasteiger partial charge in [0, 0.05) is 16.8 Å². The van der Waals surface area contributed by atoms with Gasteiger partial charge in [-0.25, -0.2) is 18.4 Å². The molecule has 2 heterocycles. The van der Waals surface area contributed by atoms with Crippen molar-refractivity contribution >= 4 is 43.2 Å². The van der Waals surface area contributed by atoms with Crippen molar-refractivity contribution in [2.75, 3.05) is 11.0 Å². The Labute approximate surface area is 168 Å². The molecule has 0 spiro atoms. The summed E-state index contributed by atoms with van der Waals surface area (Å²) in [6.07, 6.45) is 1.10. The summed E-state index contributed by atoms with van der Waals surface area (Å²) in [5.41, 5.74) is 2.99. The van der Waals surface area contributed by atoms with Crippen LogP contribution in [0.25, 0.3) is 10.2 Å². The first-order valence-corrected chi connectivity index (χ1v) is 11.4. The molecule has 1 unspecified atom stereocenters. The minimum atomic E-state index is -3.36. The van der Waals surface area contributed by atoms with Gasteiger partial charge in [0.05, 0.1) is 17.2 Å². The van der Waals surface area contributed by atoms with Crippen LogP contribution in [0, 0.1) is 20.8 Å². The van der Waals surface area contributed by atoms with E-state index in [1.54, 1.807) is 18.2 Å².